The van der Waals surface area contributed by atoms with Crippen LogP contribution in [0.2, 0.25) is 0 Å². The Bertz CT molecular complexity index is 580. The fraction of sp³-hybridized carbons (Fsp3) is 0.438. The van der Waals surface area contributed by atoms with Crippen LogP contribution in [0.1, 0.15) is 47.5 Å². The number of nitrogens with zero attached hydrogens (tertiary/aromatic N) is 3. The van der Waals surface area contributed by atoms with Crippen molar-refractivity contribution in [2.45, 2.75) is 40.2 Å². The monoisotopic (exact) mass is 270 g/mol. The van der Waals surface area contributed by atoms with Crippen molar-refractivity contribution in [3.8, 4) is 0 Å². The van der Waals surface area contributed by atoms with Crippen LogP contribution in [-0.4, -0.2) is 21.7 Å². The van der Waals surface area contributed by atoms with Crippen molar-refractivity contribution in [3.05, 3.63) is 52.6 Å². The largest absolute Gasteiger partial charge is 0.306 e. The molecule has 2 heterocycles. The van der Waals surface area contributed by atoms with Gasteiger partial charge in [0, 0.05) is 12.4 Å². The van der Waals surface area contributed by atoms with Crippen LogP contribution in [0.15, 0.2) is 24.5 Å². The van der Waals surface area contributed by atoms with E-state index in [1.165, 1.54) is 16.7 Å². The molecule has 0 fully saturated rings. The molecule has 0 aliphatic heterocycles. The molecule has 0 bridgehead atoms. The zero-order valence-corrected chi connectivity index (χ0v) is 12.6. The van der Waals surface area contributed by atoms with Gasteiger partial charge in [0.1, 0.15) is 0 Å². The van der Waals surface area contributed by atoms with Gasteiger partial charge in [-0.25, -0.2) is 0 Å². The molecule has 0 aromatic carbocycles. The Kier molecular flexibility index (Phi) is 4.79. The van der Waals surface area contributed by atoms with E-state index in [4.69, 9.17) is 0 Å². The maximum Gasteiger partial charge on any atom is 0.0651 e. The first kappa shape index (κ1) is 14.6. The molecular formula is C16H22N4. The predicted molar refractivity (Wildman–Crippen MR) is 80.6 cm³/mol. The van der Waals surface area contributed by atoms with Gasteiger partial charge in [-0.1, -0.05) is 6.92 Å². The van der Waals surface area contributed by atoms with Gasteiger partial charge in [-0.2, -0.15) is 10.2 Å². The van der Waals surface area contributed by atoms with Gasteiger partial charge in [-0.15, -0.1) is 0 Å². The number of pyridine rings is 1. The maximum atomic E-state index is 4.28. The standard InChI is InChI=1S/C16H22N4/c1-5-7-18-16(15-10-17-8-6-11(15)2)14-9-12(3)19-20-13(14)4/h6,8-10,16,18H,5,7H2,1-4H3. The Morgan fingerprint density at radius 3 is 2.65 bits per heavy atom. The summed E-state index contributed by atoms with van der Waals surface area (Å²) in [7, 11) is 0. The lowest BCUT2D eigenvalue weighted by Gasteiger charge is -2.22. The molecule has 0 radical (unpaired) electrons. The number of aromatic nitrogens is 3. The Morgan fingerprint density at radius 1 is 1.15 bits per heavy atom. The zero-order chi connectivity index (χ0) is 14.5. The van der Waals surface area contributed by atoms with Crippen LogP contribution in [0, 0.1) is 20.8 Å². The van der Waals surface area contributed by atoms with Crippen molar-refractivity contribution in [1.29, 1.82) is 0 Å². The van der Waals surface area contributed by atoms with Crippen molar-refractivity contribution < 1.29 is 0 Å². The number of aryl methyl sites for hydroxylation is 3. The first-order chi connectivity index (χ1) is 9.63. The van der Waals surface area contributed by atoms with Gasteiger partial charge in [0.2, 0.25) is 0 Å². The summed E-state index contributed by atoms with van der Waals surface area (Å²) in [6.07, 6.45) is 4.86. The molecule has 4 nitrogen and oxygen atoms in total. The molecule has 2 aromatic rings. The van der Waals surface area contributed by atoms with Crippen LogP contribution in [-0.2, 0) is 0 Å². The molecule has 1 atom stereocenters. The lowest BCUT2D eigenvalue weighted by atomic mass is 9.95. The SMILES string of the molecule is CCCNC(c1cnccc1C)c1cc(C)nnc1C. The average molecular weight is 270 g/mol. The smallest absolute Gasteiger partial charge is 0.0651 e. The summed E-state index contributed by atoms with van der Waals surface area (Å²) in [5.41, 5.74) is 5.53. The topological polar surface area (TPSA) is 50.7 Å². The van der Waals surface area contributed by atoms with Crippen LogP contribution in [0.25, 0.3) is 0 Å². The summed E-state index contributed by atoms with van der Waals surface area (Å²) in [5.74, 6) is 0. The fourth-order valence-electron chi connectivity index (χ4n) is 2.32. The third kappa shape index (κ3) is 3.20. The molecule has 0 aliphatic carbocycles. The Balaban J connectivity index is 2.47. The van der Waals surface area contributed by atoms with E-state index in [1.807, 2.05) is 32.3 Å². The van der Waals surface area contributed by atoms with Crippen LogP contribution < -0.4 is 5.32 Å². The number of nitrogens with one attached hydrogen (secondary N) is 1. The van der Waals surface area contributed by atoms with Gasteiger partial charge in [0.05, 0.1) is 17.4 Å². The van der Waals surface area contributed by atoms with Crippen molar-refractivity contribution in [2.24, 2.45) is 0 Å². The number of hydrogen-bond acceptors (Lipinski definition) is 4. The molecule has 2 aromatic heterocycles. The first-order valence-electron chi connectivity index (χ1n) is 7.08. The fourth-order valence-corrected chi connectivity index (χ4v) is 2.32. The van der Waals surface area contributed by atoms with E-state index < -0.39 is 0 Å². The van der Waals surface area contributed by atoms with Gasteiger partial charge < -0.3 is 5.32 Å². The lowest BCUT2D eigenvalue weighted by molar-refractivity contribution is 0.587. The minimum Gasteiger partial charge on any atom is -0.306 e. The Hall–Kier alpha value is -1.81. The van der Waals surface area contributed by atoms with Crippen molar-refractivity contribution in [1.82, 2.24) is 20.5 Å². The highest BCUT2D eigenvalue weighted by Gasteiger charge is 2.18. The van der Waals surface area contributed by atoms with E-state index >= 15 is 0 Å². The first-order valence-corrected chi connectivity index (χ1v) is 7.08. The zero-order valence-electron chi connectivity index (χ0n) is 12.6. The molecule has 20 heavy (non-hydrogen) atoms. The molecule has 4 heteroatoms. The van der Waals surface area contributed by atoms with E-state index in [0.29, 0.717) is 0 Å². The minimum atomic E-state index is 0.123. The number of rotatable bonds is 5. The molecule has 106 valence electrons. The predicted octanol–water partition coefficient (Wildman–Crippen LogP) is 2.89. The third-order valence-corrected chi connectivity index (χ3v) is 3.44. The Morgan fingerprint density at radius 2 is 1.95 bits per heavy atom. The van der Waals surface area contributed by atoms with Gasteiger partial charge >= 0.3 is 0 Å². The summed E-state index contributed by atoms with van der Waals surface area (Å²) >= 11 is 0. The molecule has 1 unspecified atom stereocenters. The molecule has 0 amide bonds. The quantitative estimate of drug-likeness (QED) is 0.907. The van der Waals surface area contributed by atoms with Crippen LogP contribution in [0.4, 0.5) is 0 Å². The summed E-state index contributed by atoms with van der Waals surface area (Å²) in [6.45, 7) is 9.23. The normalized spacial score (nSPS) is 12.4. The van der Waals surface area contributed by atoms with Crippen molar-refractivity contribution in [2.75, 3.05) is 6.54 Å². The van der Waals surface area contributed by atoms with Gasteiger partial charge in [-0.3, -0.25) is 4.98 Å². The molecule has 2 rings (SSSR count). The second-order valence-corrected chi connectivity index (χ2v) is 5.15. The van der Waals surface area contributed by atoms with E-state index in [9.17, 15) is 0 Å². The minimum absolute atomic E-state index is 0.123. The summed E-state index contributed by atoms with van der Waals surface area (Å²) in [5, 5.41) is 12.0. The second kappa shape index (κ2) is 6.57. The maximum absolute atomic E-state index is 4.28. The third-order valence-electron chi connectivity index (χ3n) is 3.44. The van der Waals surface area contributed by atoms with E-state index in [1.54, 1.807) is 0 Å². The van der Waals surface area contributed by atoms with Crippen LogP contribution in [0.5, 0.6) is 0 Å². The molecule has 0 aliphatic rings. The highest BCUT2D eigenvalue weighted by molar-refractivity contribution is 5.36. The summed E-state index contributed by atoms with van der Waals surface area (Å²) in [6, 6.07) is 4.28. The molecular weight excluding hydrogens is 248 g/mol. The highest BCUT2D eigenvalue weighted by Crippen LogP contribution is 2.26. The van der Waals surface area contributed by atoms with Crippen LogP contribution in [0.3, 0.4) is 0 Å². The van der Waals surface area contributed by atoms with Gasteiger partial charge in [0.25, 0.3) is 0 Å². The summed E-state index contributed by atoms with van der Waals surface area (Å²) in [4.78, 5) is 4.28. The average Bonchev–Trinajstić information content (AvgIpc) is 2.44. The van der Waals surface area contributed by atoms with Crippen LogP contribution >= 0.6 is 0 Å². The van der Waals surface area contributed by atoms with Crippen molar-refractivity contribution in [3.63, 3.8) is 0 Å². The summed E-state index contributed by atoms with van der Waals surface area (Å²) < 4.78 is 0. The number of hydrogen-bond donors (Lipinski definition) is 1. The highest BCUT2D eigenvalue weighted by atomic mass is 15.1. The molecule has 0 saturated heterocycles. The van der Waals surface area contributed by atoms with Gasteiger partial charge in [-0.05, 0) is 62.6 Å². The molecule has 0 spiro atoms. The van der Waals surface area contributed by atoms with E-state index in [0.717, 1.165) is 24.4 Å². The molecule has 1 N–H and O–H groups in total. The molecule has 0 saturated carbocycles. The van der Waals surface area contributed by atoms with Crippen molar-refractivity contribution >= 4 is 0 Å². The second-order valence-electron chi connectivity index (χ2n) is 5.15. The van der Waals surface area contributed by atoms with E-state index in [2.05, 4.69) is 40.4 Å². The lowest BCUT2D eigenvalue weighted by Crippen LogP contribution is -2.25. The van der Waals surface area contributed by atoms with Gasteiger partial charge in [0.15, 0.2) is 0 Å². The van der Waals surface area contributed by atoms with E-state index in [-0.39, 0.29) is 6.04 Å². The Labute approximate surface area is 120 Å².